The minimum Gasteiger partial charge on any atom is -0.295 e. The van der Waals surface area contributed by atoms with Gasteiger partial charge >= 0.3 is 0 Å². The lowest BCUT2D eigenvalue weighted by Gasteiger charge is -2.60. The highest BCUT2D eigenvalue weighted by Gasteiger charge is 2.76. The monoisotopic (exact) mass is 363 g/mol. The van der Waals surface area contributed by atoms with Gasteiger partial charge in [0, 0.05) is 6.42 Å². The predicted molar refractivity (Wildman–Crippen MR) is 104 cm³/mol. The summed E-state index contributed by atoms with van der Waals surface area (Å²) in [5.41, 5.74) is 1.71. The van der Waals surface area contributed by atoms with E-state index < -0.39 is 0 Å². The third-order valence-electron chi connectivity index (χ3n) is 10.6. The lowest BCUT2D eigenvalue weighted by molar-refractivity contribution is -0.118. The molecule has 2 nitrogen and oxygen atoms in total. The van der Waals surface area contributed by atoms with Gasteiger partial charge in [-0.2, -0.15) is 5.26 Å². The van der Waals surface area contributed by atoms with Gasteiger partial charge in [-0.05, 0) is 117 Å². The van der Waals surface area contributed by atoms with Gasteiger partial charge in [0.2, 0.25) is 0 Å². The Kier molecular flexibility index (Phi) is 3.29. The molecule has 6 aliphatic carbocycles. The fourth-order valence-electron chi connectivity index (χ4n) is 9.37. The zero-order valence-corrected chi connectivity index (χ0v) is 16.9. The second-order valence-electron chi connectivity index (χ2n) is 11.2. The van der Waals surface area contributed by atoms with Gasteiger partial charge in [-0.3, -0.25) is 4.79 Å². The van der Waals surface area contributed by atoms with Crippen LogP contribution in [0.15, 0.2) is 11.6 Å². The van der Waals surface area contributed by atoms with Gasteiger partial charge in [-0.15, -0.1) is 0 Å². The fraction of sp³-hybridized carbons (Fsp3) is 0.840. The molecule has 6 aliphatic rings. The number of fused-ring (bicyclic) bond motifs is 7. The first-order valence-electron chi connectivity index (χ1n) is 11.7. The van der Waals surface area contributed by atoms with Crippen molar-refractivity contribution in [3.8, 4) is 6.07 Å². The van der Waals surface area contributed by atoms with Crippen LogP contribution in [0.25, 0.3) is 0 Å². The van der Waals surface area contributed by atoms with E-state index in [2.05, 4.69) is 26.0 Å². The standard InChI is InChI=1S/C25H33NO/c1-3-25-9-8-18-17-7-6-16(27)10-15(17)11-19(14-4-5-14)22(18)23(25)20-12-21(20)24(25,2)13-26/h10,14,17-23H,3-9,11-12H2,1-2H3/t17-,18+,19-,20+,21-,22-,23-,24-,25-/m0/s1. The molecule has 9 atom stereocenters. The Balaban J connectivity index is 1.45. The van der Waals surface area contributed by atoms with E-state index in [9.17, 15) is 10.1 Å². The lowest BCUT2D eigenvalue weighted by atomic mass is 9.44. The van der Waals surface area contributed by atoms with Crippen LogP contribution in [0.4, 0.5) is 0 Å². The number of ketones is 1. The molecule has 0 unspecified atom stereocenters. The molecular formula is C25H33NO. The number of nitrogens with zero attached hydrogens (tertiary/aromatic N) is 1. The Morgan fingerprint density at radius 3 is 2.70 bits per heavy atom. The van der Waals surface area contributed by atoms with Crippen molar-refractivity contribution in [2.75, 3.05) is 0 Å². The van der Waals surface area contributed by atoms with Crippen molar-refractivity contribution < 1.29 is 4.79 Å². The van der Waals surface area contributed by atoms with E-state index in [-0.39, 0.29) is 10.8 Å². The Morgan fingerprint density at radius 2 is 2.00 bits per heavy atom. The smallest absolute Gasteiger partial charge is 0.155 e. The zero-order valence-electron chi connectivity index (χ0n) is 16.9. The Morgan fingerprint density at radius 1 is 1.19 bits per heavy atom. The van der Waals surface area contributed by atoms with E-state index in [4.69, 9.17) is 0 Å². The minimum atomic E-state index is -0.0885. The van der Waals surface area contributed by atoms with Crippen LogP contribution >= 0.6 is 0 Å². The summed E-state index contributed by atoms with van der Waals surface area (Å²) < 4.78 is 0. The Hall–Kier alpha value is -1.10. The van der Waals surface area contributed by atoms with E-state index in [1.807, 2.05) is 0 Å². The van der Waals surface area contributed by atoms with Gasteiger partial charge in [0.1, 0.15) is 0 Å². The molecule has 0 aromatic rings. The molecule has 0 aliphatic heterocycles. The average Bonchev–Trinajstić information content (AvgIpc) is 3.59. The molecule has 0 amide bonds. The molecule has 6 rings (SSSR count). The number of rotatable bonds is 2. The fourth-order valence-corrected chi connectivity index (χ4v) is 9.37. The van der Waals surface area contributed by atoms with Gasteiger partial charge in [-0.1, -0.05) is 12.5 Å². The number of hydrogen-bond acceptors (Lipinski definition) is 2. The summed E-state index contributed by atoms with van der Waals surface area (Å²) in [6.45, 7) is 4.72. The summed E-state index contributed by atoms with van der Waals surface area (Å²) in [5.74, 6) is 6.73. The molecular weight excluding hydrogens is 330 g/mol. The van der Waals surface area contributed by atoms with Crippen LogP contribution in [0, 0.1) is 69.5 Å². The van der Waals surface area contributed by atoms with Crippen LogP contribution in [0.3, 0.4) is 0 Å². The number of allylic oxidation sites excluding steroid dienone is 1. The molecule has 0 saturated heterocycles. The maximum absolute atomic E-state index is 12.1. The highest BCUT2D eigenvalue weighted by Crippen LogP contribution is 2.80. The average molecular weight is 364 g/mol. The van der Waals surface area contributed by atoms with Crippen LogP contribution in [-0.2, 0) is 4.79 Å². The molecule has 144 valence electrons. The van der Waals surface area contributed by atoms with Crippen molar-refractivity contribution in [1.82, 2.24) is 0 Å². The number of nitriles is 1. The van der Waals surface area contributed by atoms with Crippen molar-refractivity contribution >= 4 is 5.78 Å². The first kappa shape index (κ1) is 16.8. The predicted octanol–water partition coefficient (Wildman–Crippen LogP) is 5.54. The number of carbonyl (C=O) groups is 1. The van der Waals surface area contributed by atoms with Gasteiger partial charge < -0.3 is 0 Å². The highest BCUT2D eigenvalue weighted by molar-refractivity contribution is 5.91. The molecule has 0 bridgehead atoms. The van der Waals surface area contributed by atoms with E-state index in [0.717, 1.165) is 48.3 Å². The van der Waals surface area contributed by atoms with Gasteiger partial charge in [0.15, 0.2) is 5.78 Å². The van der Waals surface area contributed by atoms with Crippen LogP contribution in [0.2, 0.25) is 0 Å². The Bertz CT molecular complexity index is 772. The molecule has 0 aromatic carbocycles. The van der Waals surface area contributed by atoms with Crippen molar-refractivity contribution in [1.29, 1.82) is 5.26 Å². The summed E-state index contributed by atoms with van der Waals surface area (Å²) in [6.07, 6.45) is 13.1. The summed E-state index contributed by atoms with van der Waals surface area (Å²) in [6, 6.07) is 2.88. The van der Waals surface area contributed by atoms with E-state index in [1.54, 1.807) is 0 Å². The molecule has 0 radical (unpaired) electrons. The van der Waals surface area contributed by atoms with Crippen LogP contribution in [0.1, 0.15) is 71.6 Å². The maximum atomic E-state index is 12.1. The van der Waals surface area contributed by atoms with Crippen LogP contribution < -0.4 is 0 Å². The minimum absolute atomic E-state index is 0.0885. The zero-order chi connectivity index (χ0) is 18.6. The van der Waals surface area contributed by atoms with E-state index in [0.29, 0.717) is 17.6 Å². The second-order valence-corrected chi connectivity index (χ2v) is 11.2. The summed E-state index contributed by atoms with van der Waals surface area (Å²) >= 11 is 0. The first-order valence-corrected chi connectivity index (χ1v) is 11.7. The first-order chi connectivity index (χ1) is 13.0. The quantitative estimate of drug-likeness (QED) is 0.646. The molecule has 5 fully saturated rings. The van der Waals surface area contributed by atoms with Crippen molar-refractivity contribution in [3.63, 3.8) is 0 Å². The van der Waals surface area contributed by atoms with Crippen molar-refractivity contribution in [2.24, 2.45) is 58.2 Å². The summed E-state index contributed by atoms with van der Waals surface area (Å²) in [7, 11) is 0. The third-order valence-corrected chi connectivity index (χ3v) is 10.6. The normalized spacial score (nSPS) is 55.5. The Labute approximate surface area is 163 Å². The maximum Gasteiger partial charge on any atom is 0.155 e. The number of carbonyl (C=O) groups excluding carboxylic acids is 1. The van der Waals surface area contributed by atoms with Gasteiger partial charge in [0.25, 0.3) is 0 Å². The number of hydrogen-bond donors (Lipinski definition) is 0. The van der Waals surface area contributed by atoms with Crippen LogP contribution in [0.5, 0.6) is 0 Å². The third kappa shape index (κ3) is 1.95. The van der Waals surface area contributed by atoms with E-state index in [1.165, 1.54) is 50.5 Å². The molecule has 0 heterocycles. The molecule has 0 spiro atoms. The topological polar surface area (TPSA) is 40.9 Å². The SMILES string of the molecule is CC[C@]12CC[C@H]3[C@H]([C@@H]1[C@@H]1C[C@@H]1[C@]2(C)C#N)[C@H](C1CC1)CC1=CC(=O)CC[C@@H]13. The van der Waals surface area contributed by atoms with Crippen LogP contribution in [-0.4, -0.2) is 5.78 Å². The summed E-state index contributed by atoms with van der Waals surface area (Å²) in [5, 5.41) is 10.3. The highest BCUT2D eigenvalue weighted by atomic mass is 16.1. The largest absolute Gasteiger partial charge is 0.295 e. The van der Waals surface area contributed by atoms with E-state index >= 15 is 0 Å². The summed E-state index contributed by atoms with van der Waals surface area (Å²) in [4.78, 5) is 12.1. The molecule has 2 heteroatoms. The van der Waals surface area contributed by atoms with Crippen molar-refractivity contribution in [2.45, 2.75) is 71.6 Å². The molecule has 27 heavy (non-hydrogen) atoms. The van der Waals surface area contributed by atoms with Gasteiger partial charge in [0.05, 0.1) is 11.5 Å². The molecule has 0 N–H and O–H groups in total. The second kappa shape index (κ2) is 5.28. The molecule has 5 saturated carbocycles. The van der Waals surface area contributed by atoms with Gasteiger partial charge in [-0.25, -0.2) is 0 Å². The van der Waals surface area contributed by atoms with Crippen molar-refractivity contribution in [3.05, 3.63) is 11.6 Å². The molecule has 0 aromatic heterocycles. The lowest BCUT2D eigenvalue weighted by Crippen LogP contribution is -2.54.